The highest BCUT2D eigenvalue weighted by atomic mass is 16.5. The molecule has 0 saturated carbocycles. The van der Waals surface area contributed by atoms with Gasteiger partial charge in [-0.15, -0.1) is 0 Å². The van der Waals surface area contributed by atoms with Gasteiger partial charge in [0.1, 0.15) is 6.61 Å². The first-order valence-corrected chi connectivity index (χ1v) is 10.2. The van der Waals surface area contributed by atoms with Crippen LogP contribution in [-0.2, 0) is 24.8 Å². The average Bonchev–Trinajstić information content (AvgIpc) is 3.21. The second-order valence-corrected chi connectivity index (χ2v) is 7.51. The van der Waals surface area contributed by atoms with Crippen LogP contribution in [-0.4, -0.2) is 35.8 Å². The molecule has 3 aromatic rings. The summed E-state index contributed by atoms with van der Waals surface area (Å²) >= 11 is 0. The lowest BCUT2D eigenvalue weighted by Gasteiger charge is -2.15. The number of benzene rings is 2. The van der Waals surface area contributed by atoms with Gasteiger partial charge in [0.2, 0.25) is 0 Å². The maximum atomic E-state index is 12.8. The minimum absolute atomic E-state index is 0.0223. The van der Waals surface area contributed by atoms with E-state index in [1.165, 1.54) is 7.11 Å². The van der Waals surface area contributed by atoms with Gasteiger partial charge in [0.05, 0.1) is 31.5 Å². The number of allylic oxidation sites excluding steroid dienone is 1. The topological polar surface area (TPSA) is 79.7 Å². The van der Waals surface area contributed by atoms with E-state index >= 15 is 0 Å². The molecule has 0 unspecified atom stereocenters. The summed E-state index contributed by atoms with van der Waals surface area (Å²) in [6.45, 7) is 0.320. The molecule has 0 atom stereocenters. The molecule has 0 bridgehead atoms. The highest BCUT2D eigenvalue weighted by Gasteiger charge is 2.25. The van der Waals surface area contributed by atoms with Gasteiger partial charge in [0.15, 0.2) is 17.3 Å². The molecular weight excluding hydrogens is 408 g/mol. The first kappa shape index (κ1) is 21.4. The number of esters is 1. The molecule has 0 saturated heterocycles. The zero-order chi connectivity index (χ0) is 22.7. The largest absolute Gasteiger partial charge is 0.493 e. The molecule has 0 aliphatic heterocycles. The van der Waals surface area contributed by atoms with Crippen LogP contribution in [0, 0.1) is 0 Å². The maximum absolute atomic E-state index is 12.8. The maximum Gasteiger partial charge on any atom is 0.337 e. The predicted molar refractivity (Wildman–Crippen MR) is 119 cm³/mol. The Labute approximate surface area is 186 Å². The monoisotopic (exact) mass is 432 g/mol. The van der Waals surface area contributed by atoms with Gasteiger partial charge in [0.25, 0.3) is 0 Å². The number of carbonyl (C=O) groups excluding carboxylic acids is 2. The van der Waals surface area contributed by atoms with Crippen molar-refractivity contribution in [3.05, 3.63) is 82.2 Å². The summed E-state index contributed by atoms with van der Waals surface area (Å²) in [5.41, 5.74) is 4.68. The molecule has 0 amide bonds. The Morgan fingerprint density at radius 3 is 2.59 bits per heavy atom. The number of hydrogen-bond donors (Lipinski definition) is 0. The summed E-state index contributed by atoms with van der Waals surface area (Å²) in [6.07, 6.45) is 5.00. The van der Waals surface area contributed by atoms with Gasteiger partial charge in [-0.25, -0.2) is 4.79 Å². The standard InChI is InChI=1S/C25H24N2O5/c1-27-21-10-9-19(24(28)20(21)14-26-27)12-17-6-11-22(23(13-17)30-2)32-15-16-4-7-18(8-5-16)25(29)31-3/h4-8,11-14H,9-10,15H2,1-3H3/b19-12+. The van der Waals surface area contributed by atoms with Crippen LogP contribution in [0.1, 0.15) is 44.0 Å². The number of carbonyl (C=O) groups is 2. The molecular formula is C25H24N2O5. The molecule has 1 aromatic heterocycles. The van der Waals surface area contributed by atoms with Crippen molar-refractivity contribution in [3.8, 4) is 11.5 Å². The molecule has 7 heteroatoms. The second kappa shape index (κ2) is 9.09. The van der Waals surface area contributed by atoms with Crippen LogP contribution >= 0.6 is 0 Å². The SMILES string of the molecule is COC(=O)c1ccc(COc2ccc(/C=C3\CCc4c(cnn4C)C3=O)cc2OC)cc1. The summed E-state index contributed by atoms with van der Waals surface area (Å²) in [6, 6.07) is 12.6. The normalized spacial score (nSPS) is 14.2. The number of ketones is 1. The zero-order valence-electron chi connectivity index (χ0n) is 18.3. The summed E-state index contributed by atoms with van der Waals surface area (Å²) in [7, 11) is 4.79. The third-order valence-electron chi connectivity index (χ3n) is 5.53. The summed E-state index contributed by atoms with van der Waals surface area (Å²) in [5, 5.41) is 4.20. The van der Waals surface area contributed by atoms with Crippen LogP contribution in [0.2, 0.25) is 0 Å². The van der Waals surface area contributed by atoms with Gasteiger partial charge in [-0.3, -0.25) is 9.48 Å². The van der Waals surface area contributed by atoms with E-state index in [1.54, 1.807) is 30.1 Å². The number of methoxy groups -OCH3 is 2. The number of Topliss-reactive ketones (excluding diaryl/α,β-unsaturated/α-hetero) is 1. The lowest BCUT2D eigenvalue weighted by Crippen LogP contribution is -2.14. The number of aromatic nitrogens is 2. The molecule has 1 heterocycles. The molecule has 164 valence electrons. The van der Waals surface area contributed by atoms with Crippen LogP contribution in [0.3, 0.4) is 0 Å². The van der Waals surface area contributed by atoms with E-state index < -0.39 is 0 Å². The molecule has 4 rings (SSSR count). The Balaban J connectivity index is 1.48. The van der Waals surface area contributed by atoms with Gasteiger partial charge >= 0.3 is 5.97 Å². The predicted octanol–water partition coefficient (Wildman–Crippen LogP) is 4.01. The van der Waals surface area contributed by atoms with E-state index in [1.807, 2.05) is 43.5 Å². The van der Waals surface area contributed by atoms with Crippen molar-refractivity contribution in [2.24, 2.45) is 7.05 Å². The zero-order valence-corrected chi connectivity index (χ0v) is 18.3. The van der Waals surface area contributed by atoms with Crippen LogP contribution in [0.25, 0.3) is 6.08 Å². The van der Waals surface area contributed by atoms with E-state index in [0.717, 1.165) is 28.8 Å². The minimum atomic E-state index is -0.375. The highest BCUT2D eigenvalue weighted by Crippen LogP contribution is 2.31. The van der Waals surface area contributed by atoms with Crippen molar-refractivity contribution < 1.29 is 23.8 Å². The quantitative estimate of drug-likeness (QED) is 0.433. The van der Waals surface area contributed by atoms with Gasteiger partial charge < -0.3 is 14.2 Å². The van der Waals surface area contributed by atoms with Crippen molar-refractivity contribution >= 4 is 17.8 Å². The number of fused-ring (bicyclic) bond motifs is 1. The molecule has 0 fully saturated rings. The number of hydrogen-bond acceptors (Lipinski definition) is 6. The second-order valence-electron chi connectivity index (χ2n) is 7.51. The highest BCUT2D eigenvalue weighted by molar-refractivity contribution is 6.12. The summed E-state index contributed by atoms with van der Waals surface area (Å²) in [5.74, 6) is 0.821. The van der Waals surface area contributed by atoms with Crippen LogP contribution in [0.4, 0.5) is 0 Å². The van der Waals surface area contributed by atoms with Crippen molar-refractivity contribution in [2.45, 2.75) is 19.4 Å². The Morgan fingerprint density at radius 2 is 1.88 bits per heavy atom. The van der Waals surface area contributed by atoms with E-state index in [4.69, 9.17) is 14.2 Å². The Hall–Kier alpha value is -3.87. The Kier molecular flexibility index (Phi) is 6.07. The van der Waals surface area contributed by atoms with E-state index in [0.29, 0.717) is 35.7 Å². The summed E-state index contributed by atoms with van der Waals surface area (Å²) in [4.78, 5) is 24.3. The van der Waals surface area contributed by atoms with Gasteiger partial charge in [-0.2, -0.15) is 5.10 Å². The molecule has 0 radical (unpaired) electrons. The van der Waals surface area contributed by atoms with E-state index in [-0.39, 0.29) is 11.8 Å². The van der Waals surface area contributed by atoms with Gasteiger partial charge in [0, 0.05) is 18.3 Å². The number of aryl methyl sites for hydroxylation is 1. The first-order valence-electron chi connectivity index (χ1n) is 10.2. The molecule has 1 aliphatic carbocycles. The fourth-order valence-corrected chi connectivity index (χ4v) is 3.74. The molecule has 0 spiro atoms. The van der Waals surface area contributed by atoms with Crippen LogP contribution < -0.4 is 9.47 Å². The number of ether oxygens (including phenoxy) is 3. The molecule has 7 nitrogen and oxygen atoms in total. The fourth-order valence-electron chi connectivity index (χ4n) is 3.74. The number of nitrogens with zero attached hydrogens (tertiary/aromatic N) is 2. The van der Waals surface area contributed by atoms with Gasteiger partial charge in [-0.1, -0.05) is 18.2 Å². The average molecular weight is 432 g/mol. The first-order chi connectivity index (χ1) is 15.5. The van der Waals surface area contributed by atoms with E-state index in [2.05, 4.69) is 5.10 Å². The molecule has 1 aliphatic rings. The fraction of sp³-hybridized carbons (Fsp3) is 0.240. The van der Waals surface area contributed by atoms with Crippen molar-refractivity contribution in [1.82, 2.24) is 9.78 Å². The third-order valence-corrected chi connectivity index (χ3v) is 5.53. The lowest BCUT2D eigenvalue weighted by atomic mass is 9.90. The van der Waals surface area contributed by atoms with Crippen molar-refractivity contribution in [3.63, 3.8) is 0 Å². The number of rotatable bonds is 6. The van der Waals surface area contributed by atoms with Gasteiger partial charge in [-0.05, 0) is 54.3 Å². The lowest BCUT2D eigenvalue weighted by molar-refractivity contribution is 0.0600. The summed E-state index contributed by atoms with van der Waals surface area (Å²) < 4.78 is 17.9. The Morgan fingerprint density at radius 1 is 1.09 bits per heavy atom. The smallest absolute Gasteiger partial charge is 0.337 e. The van der Waals surface area contributed by atoms with Crippen LogP contribution in [0.5, 0.6) is 11.5 Å². The van der Waals surface area contributed by atoms with Crippen LogP contribution in [0.15, 0.2) is 54.2 Å². The van der Waals surface area contributed by atoms with Crippen molar-refractivity contribution in [2.75, 3.05) is 14.2 Å². The van der Waals surface area contributed by atoms with E-state index in [9.17, 15) is 9.59 Å². The third kappa shape index (κ3) is 4.27. The molecule has 32 heavy (non-hydrogen) atoms. The molecule has 2 aromatic carbocycles. The minimum Gasteiger partial charge on any atom is -0.493 e. The Bertz CT molecular complexity index is 1190. The van der Waals surface area contributed by atoms with Crippen molar-refractivity contribution in [1.29, 1.82) is 0 Å². The molecule has 0 N–H and O–H groups in total.